The van der Waals surface area contributed by atoms with Crippen molar-refractivity contribution in [2.24, 2.45) is 0 Å². The number of hydrogen-bond acceptors (Lipinski definition) is 6. The van der Waals surface area contributed by atoms with Gasteiger partial charge in [0.05, 0.1) is 5.56 Å². The van der Waals surface area contributed by atoms with E-state index in [0.717, 1.165) is 28.7 Å². The molecule has 13 heteroatoms. The van der Waals surface area contributed by atoms with Crippen LogP contribution in [0, 0.1) is 0 Å². The van der Waals surface area contributed by atoms with Crippen molar-refractivity contribution in [2.75, 3.05) is 36.8 Å². The Kier molecular flexibility index (Phi) is 7.68. The van der Waals surface area contributed by atoms with Crippen molar-refractivity contribution in [3.8, 4) is 0 Å². The van der Waals surface area contributed by atoms with Crippen LogP contribution in [0.1, 0.15) is 27.0 Å². The van der Waals surface area contributed by atoms with Crippen molar-refractivity contribution in [3.05, 3.63) is 83.3 Å². The molecule has 4 N–H and O–H groups in total. The quantitative estimate of drug-likeness (QED) is 0.230. The van der Waals surface area contributed by atoms with E-state index in [2.05, 4.69) is 30.9 Å². The van der Waals surface area contributed by atoms with E-state index in [0.29, 0.717) is 32.7 Å². The summed E-state index contributed by atoms with van der Waals surface area (Å²) >= 11 is 0. The Morgan fingerprint density at radius 3 is 2.55 bits per heavy atom. The number of nitrogens with zero attached hydrogens (tertiary/aromatic N) is 3. The first kappa shape index (κ1) is 27.5. The molecule has 1 saturated heterocycles. The summed E-state index contributed by atoms with van der Waals surface area (Å²) < 4.78 is 68.6. The predicted molar refractivity (Wildman–Crippen MR) is 140 cm³/mol. The summed E-state index contributed by atoms with van der Waals surface area (Å²) in [4.78, 5) is 26.5. The molecular weight excluding hydrogens is 533 g/mol. The highest BCUT2D eigenvalue weighted by Crippen LogP contribution is 2.45. The smallest absolute Gasteiger partial charge is 0.365 e. The Bertz CT molecular complexity index is 1500. The number of benzene rings is 1. The maximum atomic E-state index is 14.4. The number of rotatable bonds is 8. The van der Waals surface area contributed by atoms with Crippen molar-refractivity contribution in [1.29, 1.82) is 0 Å². The van der Waals surface area contributed by atoms with E-state index in [-0.39, 0.29) is 29.2 Å². The molecule has 1 aliphatic heterocycles. The number of pyridine rings is 2. The molecule has 210 valence electrons. The van der Waals surface area contributed by atoms with Crippen LogP contribution in [0.4, 0.5) is 33.5 Å². The van der Waals surface area contributed by atoms with Crippen LogP contribution in [-0.2, 0) is 19.0 Å². The first-order chi connectivity index (χ1) is 19.1. The van der Waals surface area contributed by atoms with Crippen molar-refractivity contribution < 1.29 is 26.7 Å². The average molecular weight is 560 g/mol. The monoisotopic (exact) mass is 559 g/mol. The third-order valence-electron chi connectivity index (χ3n) is 6.71. The number of aromatic amines is 1. The molecule has 0 saturated carbocycles. The molecule has 3 aromatic heterocycles. The zero-order valence-electron chi connectivity index (χ0n) is 21.2. The molecule has 1 aliphatic rings. The van der Waals surface area contributed by atoms with Crippen LogP contribution in [0.5, 0.6) is 0 Å². The standard InChI is InChI=1S/C27H26F5N7O/c28-26(29,27(30,31)32)22-4-3-19(14-18(22)16-39-12-10-33-11-13-39)38-25(40)21-2-1-7-34-24(21)37-15-17-5-8-35-23-20(17)6-9-36-23/h1-9,14,33H,10-13,15-16H2,(H,34,37)(H,35,36)(H,38,40). The van der Waals surface area contributed by atoms with Crippen LogP contribution >= 0.6 is 0 Å². The van der Waals surface area contributed by atoms with Gasteiger partial charge in [0, 0.05) is 74.5 Å². The zero-order chi connectivity index (χ0) is 28.3. The van der Waals surface area contributed by atoms with E-state index in [1.807, 2.05) is 12.1 Å². The molecule has 40 heavy (non-hydrogen) atoms. The van der Waals surface area contributed by atoms with Crippen molar-refractivity contribution in [2.45, 2.75) is 25.2 Å². The van der Waals surface area contributed by atoms with Crippen LogP contribution in [0.3, 0.4) is 0 Å². The SMILES string of the molecule is O=C(Nc1ccc(C(F)(F)C(F)(F)F)c(CN2CCNCC2)c1)c1cccnc1NCc1ccnc2[nH]ccc12. The molecule has 4 heterocycles. The molecule has 0 unspecified atom stereocenters. The minimum atomic E-state index is -5.76. The lowest BCUT2D eigenvalue weighted by Gasteiger charge is -2.30. The Hall–Kier alpha value is -4.10. The number of nitrogens with one attached hydrogen (secondary N) is 4. The van der Waals surface area contributed by atoms with Crippen molar-refractivity contribution in [1.82, 2.24) is 25.2 Å². The molecule has 0 atom stereocenters. The number of piperazine rings is 1. The summed E-state index contributed by atoms with van der Waals surface area (Å²) in [6, 6.07) is 9.79. The molecular formula is C27H26F5N7O. The van der Waals surface area contributed by atoms with E-state index in [9.17, 15) is 26.7 Å². The van der Waals surface area contributed by atoms with Gasteiger partial charge in [-0.05, 0) is 47.5 Å². The van der Waals surface area contributed by atoms with Gasteiger partial charge in [-0.15, -0.1) is 0 Å². The summed E-state index contributed by atoms with van der Waals surface area (Å²) in [5.41, 5.74) is 0.565. The number of alkyl halides is 5. The molecule has 0 bridgehead atoms. The number of carbonyl (C=O) groups is 1. The highest BCUT2D eigenvalue weighted by molar-refractivity contribution is 6.07. The Morgan fingerprint density at radius 1 is 0.975 bits per heavy atom. The normalized spacial score (nSPS) is 14.8. The van der Waals surface area contributed by atoms with E-state index in [1.54, 1.807) is 23.4 Å². The van der Waals surface area contributed by atoms with Gasteiger partial charge in [0.15, 0.2) is 0 Å². The lowest BCUT2D eigenvalue weighted by Crippen LogP contribution is -2.43. The molecule has 4 aromatic rings. The molecule has 0 aliphatic carbocycles. The van der Waals surface area contributed by atoms with Gasteiger partial charge in [0.25, 0.3) is 5.91 Å². The zero-order valence-corrected chi connectivity index (χ0v) is 21.2. The van der Waals surface area contributed by atoms with Gasteiger partial charge in [-0.25, -0.2) is 9.97 Å². The maximum absolute atomic E-state index is 14.4. The minimum absolute atomic E-state index is 0.0924. The summed E-state index contributed by atoms with van der Waals surface area (Å²) in [6.45, 7) is 2.38. The fourth-order valence-corrected chi connectivity index (χ4v) is 4.65. The van der Waals surface area contributed by atoms with E-state index in [1.165, 1.54) is 18.3 Å². The lowest BCUT2D eigenvalue weighted by atomic mass is 9.99. The molecule has 1 fully saturated rings. The Labute approximate surface area is 226 Å². The van der Waals surface area contributed by atoms with E-state index in [4.69, 9.17) is 0 Å². The summed E-state index contributed by atoms with van der Waals surface area (Å²) in [6.07, 6.45) is -0.816. The Morgan fingerprint density at radius 2 is 1.77 bits per heavy atom. The fraction of sp³-hybridized carbons (Fsp3) is 0.296. The number of H-pyrrole nitrogens is 1. The number of carbonyl (C=O) groups excluding carboxylic acids is 1. The average Bonchev–Trinajstić information content (AvgIpc) is 3.42. The molecule has 1 amide bonds. The molecule has 8 nitrogen and oxygen atoms in total. The van der Waals surface area contributed by atoms with Gasteiger partial charge in [0.1, 0.15) is 11.5 Å². The summed E-state index contributed by atoms with van der Waals surface area (Å²) in [7, 11) is 0. The number of aromatic nitrogens is 3. The van der Waals surface area contributed by atoms with Gasteiger partial charge in [0.2, 0.25) is 0 Å². The van der Waals surface area contributed by atoms with Gasteiger partial charge < -0.3 is 20.9 Å². The second kappa shape index (κ2) is 11.2. The second-order valence-electron chi connectivity index (χ2n) is 9.39. The van der Waals surface area contributed by atoms with Gasteiger partial charge >= 0.3 is 12.1 Å². The van der Waals surface area contributed by atoms with Crippen molar-refractivity contribution in [3.63, 3.8) is 0 Å². The van der Waals surface area contributed by atoms with E-state index < -0.39 is 23.6 Å². The summed E-state index contributed by atoms with van der Waals surface area (Å²) in [5.74, 6) is -5.36. The van der Waals surface area contributed by atoms with Crippen molar-refractivity contribution >= 4 is 28.4 Å². The molecule has 1 aromatic carbocycles. The summed E-state index contributed by atoms with van der Waals surface area (Å²) in [5, 5.41) is 9.79. The predicted octanol–water partition coefficient (Wildman–Crippen LogP) is 4.88. The third-order valence-corrected chi connectivity index (χ3v) is 6.71. The maximum Gasteiger partial charge on any atom is 0.458 e. The first-order valence-corrected chi connectivity index (χ1v) is 12.6. The van der Waals surface area contributed by atoms with Gasteiger partial charge in [-0.1, -0.05) is 6.07 Å². The van der Waals surface area contributed by atoms with Crippen LogP contribution in [0.2, 0.25) is 0 Å². The highest BCUT2D eigenvalue weighted by atomic mass is 19.4. The lowest BCUT2D eigenvalue weighted by molar-refractivity contribution is -0.289. The van der Waals surface area contributed by atoms with Gasteiger partial charge in [-0.3, -0.25) is 9.69 Å². The first-order valence-electron chi connectivity index (χ1n) is 12.6. The van der Waals surface area contributed by atoms with Crippen LogP contribution in [-0.4, -0.2) is 58.1 Å². The fourth-order valence-electron chi connectivity index (χ4n) is 4.65. The van der Waals surface area contributed by atoms with Crippen LogP contribution in [0.25, 0.3) is 11.0 Å². The topological polar surface area (TPSA) is 98.0 Å². The molecule has 5 rings (SSSR count). The van der Waals surface area contributed by atoms with E-state index >= 15 is 0 Å². The molecule has 0 spiro atoms. The highest BCUT2D eigenvalue weighted by Gasteiger charge is 2.59. The third kappa shape index (κ3) is 5.75. The number of fused-ring (bicyclic) bond motifs is 1. The largest absolute Gasteiger partial charge is 0.458 e. The van der Waals surface area contributed by atoms with Crippen LogP contribution in [0.15, 0.2) is 61.1 Å². The number of halogens is 5. The minimum Gasteiger partial charge on any atom is -0.365 e. The molecule has 0 radical (unpaired) electrons. The Balaban J connectivity index is 1.38. The number of anilines is 2. The van der Waals surface area contributed by atoms with Crippen LogP contribution < -0.4 is 16.0 Å². The number of amides is 1. The second-order valence-corrected chi connectivity index (χ2v) is 9.39. The van der Waals surface area contributed by atoms with Gasteiger partial charge in [-0.2, -0.15) is 22.0 Å². The number of hydrogen-bond donors (Lipinski definition) is 4.